The number of hydrogen-bond donors (Lipinski definition) is 1. The minimum atomic E-state index is -0.481. The van der Waals surface area contributed by atoms with Crippen molar-refractivity contribution < 1.29 is 14.6 Å². The summed E-state index contributed by atoms with van der Waals surface area (Å²) in [4.78, 5) is 6.31. The molecule has 5 nitrogen and oxygen atoms in total. The molecule has 0 unspecified atom stereocenters. The summed E-state index contributed by atoms with van der Waals surface area (Å²) in [5, 5.41) is 12.5. The highest BCUT2D eigenvalue weighted by Gasteiger charge is 2.19. The van der Waals surface area contributed by atoms with Gasteiger partial charge in [-0.3, -0.25) is 4.90 Å². The van der Waals surface area contributed by atoms with E-state index in [0.717, 1.165) is 44.9 Å². The molecule has 6 heteroatoms. The Morgan fingerprint density at radius 1 is 1.11 bits per heavy atom. The summed E-state index contributed by atoms with van der Waals surface area (Å²) in [5.74, 6) is 1.43. The quantitative estimate of drug-likeness (QED) is 0.735. The normalized spacial score (nSPS) is 18.8. The third-order valence-electron chi connectivity index (χ3n) is 5.62. The van der Waals surface area contributed by atoms with Crippen molar-refractivity contribution in [2.75, 3.05) is 39.9 Å². The number of methoxy groups -OCH3 is 1. The molecule has 1 N–H and O–H groups in total. The second kappa shape index (κ2) is 9.27. The molecule has 1 aromatic heterocycles. The summed E-state index contributed by atoms with van der Waals surface area (Å²) in [7, 11) is 1.66. The first-order valence-electron chi connectivity index (χ1n) is 10.2. The SMILES string of the molecule is COc1ccc(CN2CCc3sccc3C2)cc1OC[C@H](O)CN1CCCC1. The van der Waals surface area contributed by atoms with Gasteiger partial charge in [0.15, 0.2) is 11.5 Å². The largest absolute Gasteiger partial charge is 0.493 e. The predicted molar refractivity (Wildman–Crippen MR) is 112 cm³/mol. The van der Waals surface area contributed by atoms with Crippen LogP contribution in [0, 0.1) is 0 Å². The van der Waals surface area contributed by atoms with E-state index in [4.69, 9.17) is 9.47 Å². The molecule has 3 heterocycles. The maximum atomic E-state index is 10.3. The van der Waals surface area contributed by atoms with Crippen molar-refractivity contribution in [2.45, 2.75) is 38.5 Å². The van der Waals surface area contributed by atoms with E-state index in [1.54, 1.807) is 7.11 Å². The highest BCUT2D eigenvalue weighted by molar-refractivity contribution is 7.10. The molecule has 2 aliphatic rings. The molecule has 1 fully saturated rings. The number of aliphatic hydroxyl groups excluding tert-OH is 1. The summed E-state index contributed by atoms with van der Waals surface area (Å²) in [5.41, 5.74) is 2.68. The van der Waals surface area contributed by atoms with E-state index < -0.39 is 6.10 Å². The van der Waals surface area contributed by atoms with Crippen molar-refractivity contribution >= 4 is 11.3 Å². The van der Waals surface area contributed by atoms with E-state index in [9.17, 15) is 5.11 Å². The van der Waals surface area contributed by atoms with Crippen LogP contribution in [0.4, 0.5) is 0 Å². The average molecular weight is 403 g/mol. The third-order valence-corrected chi connectivity index (χ3v) is 6.64. The summed E-state index contributed by atoms with van der Waals surface area (Å²) in [6.45, 7) is 6.12. The Morgan fingerprint density at radius 2 is 1.96 bits per heavy atom. The van der Waals surface area contributed by atoms with Gasteiger partial charge in [0.05, 0.1) is 7.11 Å². The third kappa shape index (κ3) is 4.87. The molecule has 0 saturated carbocycles. The second-order valence-electron chi connectivity index (χ2n) is 7.79. The lowest BCUT2D eigenvalue weighted by Gasteiger charge is -2.27. The fourth-order valence-corrected chi connectivity index (χ4v) is 5.02. The van der Waals surface area contributed by atoms with Crippen LogP contribution in [0.2, 0.25) is 0 Å². The molecule has 0 aliphatic carbocycles. The monoisotopic (exact) mass is 402 g/mol. The summed E-state index contributed by atoms with van der Waals surface area (Å²) < 4.78 is 11.4. The highest BCUT2D eigenvalue weighted by atomic mass is 32.1. The fourth-order valence-electron chi connectivity index (χ4n) is 4.13. The number of hydrogen-bond acceptors (Lipinski definition) is 6. The van der Waals surface area contributed by atoms with E-state index in [1.807, 2.05) is 17.4 Å². The van der Waals surface area contributed by atoms with Crippen molar-refractivity contribution in [2.24, 2.45) is 0 Å². The molecule has 2 aliphatic heterocycles. The highest BCUT2D eigenvalue weighted by Crippen LogP contribution is 2.30. The second-order valence-corrected chi connectivity index (χ2v) is 8.79. The van der Waals surface area contributed by atoms with Crippen LogP contribution in [-0.4, -0.2) is 60.9 Å². The number of benzene rings is 1. The molecule has 0 spiro atoms. The van der Waals surface area contributed by atoms with Gasteiger partial charge in [-0.2, -0.15) is 0 Å². The first-order chi connectivity index (χ1) is 13.7. The lowest BCUT2D eigenvalue weighted by molar-refractivity contribution is 0.0746. The molecular formula is C22H30N2O3S. The first kappa shape index (κ1) is 19.7. The predicted octanol–water partition coefficient (Wildman–Crippen LogP) is 3.15. The van der Waals surface area contributed by atoms with E-state index in [0.29, 0.717) is 12.3 Å². The number of aliphatic hydroxyl groups is 1. The van der Waals surface area contributed by atoms with E-state index in [2.05, 4.69) is 33.4 Å². The maximum Gasteiger partial charge on any atom is 0.161 e. The van der Waals surface area contributed by atoms with Crippen molar-refractivity contribution in [1.29, 1.82) is 0 Å². The number of fused-ring (bicyclic) bond motifs is 1. The molecule has 0 amide bonds. The first-order valence-corrected chi connectivity index (χ1v) is 11.1. The molecule has 0 bridgehead atoms. The van der Waals surface area contributed by atoms with Crippen LogP contribution in [0.1, 0.15) is 28.8 Å². The zero-order valence-corrected chi connectivity index (χ0v) is 17.4. The maximum absolute atomic E-state index is 10.3. The van der Waals surface area contributed by atoms with Crippen LogP contribution in [-0.2, 0) is 19.5 Å². The van der Waals surface area contributed by atoms with Crippen LogP contribution >= 0.6 is 11.3 Å². The standard InChI is InChI=1S/C22H30N2O3S/c1-26-20-5-4-17(13-24-10-6-22-18(14-24)7-11-28-22)12-21(20)27-16-19(25)15-23-8-2-3-9-23/h4-5,7,11-12,19,25H,2-3,6,8-10,13-16H2,1H3/t19-/m1/s1. The van der Waals surface area contributed by atoms with E-state index >= 15 is 0 Å². The topological polar surface area (TPSA) is 45.2 Å². The lowest BCUT2D eigenvalue weighted by Crippen LogP contribution is -2.33. The van der Waals surface area contributed by atoms with Gasteiger partial charge in [0.1, 0.15) is 12.7 Å². The Labute approximate surface area is 171 Å². The summed E-state index contributed by atoms with van der Waals surface area (Å²) in [6.07, 6.45) is 3.11. The molecule has 1 atom stereocenters. The molecule has 28 heavy (non-hydrogen) atoms. The Morgan fingerprint density at radius 3 is 2.79 bits per heavy atom. The average Bonchev–Trinajstić information content (AvgIpc) is 3.38. The van der Waals surface area contributed by atoms with E-state index in [1.165, 1.54) is 28.8 Å². The van der Waals surface area contributed by atoms with Gasteiger partial charge >= 0.3 is 0 Å². The van der Waals surface area contributed by atoms with Gasteiger partial charge in [-0.25, -0.2) is 0 Å². The van der Waals surface area contributed by atoms with Gasteiger partial charge in [-0.1, -0.05) is 6.07 Å². The van der Waals surface area contributed by atoms with Crippen molar-refractivity contribution in [1.82, 2.24) is 9.80 Å². The smallest absolute Gasteiger partial charge is 0.161 e. The lowest BCUT2D eigenvalue weighted by atomic mass is 10.1. The Hall–Kier alpha value is -1.60. The number of ether oxygens (including phenoxy) is 2. The van der Waals surface area contributed by atoms with Gasteiger partial charge in [0.25, 0.3) is 0 Å². The molecule has 152 valence electrons. The minimum Gasteiger partial charge on any atom is -0.493 e. The van der Waals surface area contributed by atoms with Crippen molar-refractivity contribution in [3.63, 3.8) is 0 Å². The van der Waals surface area contributed by atoms with Gasteiger partial charge < -0.3 is 19.5 Å². The summed E-state index contributed by atoms with van der Waals surface area (Å²) in [6, 6.07) is 8.38. The number of β-amino-alcohol motifs (C(OH)–C–C–N with tert-alkyl or cyclic N) is 1. The summed E-state index contributed by atoms with van der Waals surface area (Å²) >= 11 is 1.87. The number of likely N-dealkylation sites (tertiary alicyclic amines) is 1. The van der Waals surface area contributed by atoms with Crippen molar-refractivity contribution in [3.05, 3.63) is 45.6 Å². The molecule has 0 radical (unpaired) electrons. The van der Waals surface area contributed by atoms with Gasteiger partial charge in [0, 0.05) is 31.1 Å². The number of rotatable bonds is 8. The molecule has 1 saturated heterocycles. The molecule has 4 rings (SSSR count). The van der Waals surface area contributed by atoms with Crippen LogP contribution in [0.25, 0.3) is 0 Å². The van der Waals surface area contributed by atoms with Gasteiger partial charge in [-0.05, 0) is 67.1 Å². The van der Waals surface area contributed by atoms with Crippen LogP contribution in [0.5, 0.6) is 11.5 Å². The van der Waals surface area contributed by atoms with E-state index in [-0.39, 0.29) is 6.61 Å². The van der Waals surface area contributed by atoms with Crippen LogP contribution in [0.15, 0.2) is 29.6 Å². The molecule has 2 aromatic rings. The molecular weight excluding hydrogens is 372 g/mol. The van der Waals surface area contributed by atoms with Crippen LogP contribution in [0.3, 0.4) is 0 Å². The zero-order chi connectivity index (χ0) is 19.3. The number of nitrogens with zero attached hydrogens (tertiary/aromatic N) is 2. The van der Waals surface area contributed by atoms with Crippen molar-refractivity contribution in [3.8, 4) is 11.5 Å². The molecule has 1 aromatic carbocycles. The van der Waals surface area contributed by atoms with Gasteiger partial charge in [0.2, 0.25) is 0 Å². The zero-order valence-electron chi connectivity index (χ0n) is 16.6. The Kier molecular flexibility index (Phi) is 6.52. The van der Waals surface area contributed by atoms with Gasteiger partial charge in [-0.15, -0.1) is 11.3 Å². The Balaban J connectivity index is 1.35. The number of thiophene rings is 1. The fraction of sp³-hybridized carbons (Fsp3) is 0.545. The Bertz CT molecular complexity index is 773. The van der Waals surface area contributed by atoms with Crippen LogP contribution < -0.4 is 9.47 Å². The minimum absolute atomic E-state index is 0.290.